The Balaban J connectivity index is 1.53. The summed E-state index contributed by atoms with van der Waals surface area (Å²) in [4.78, 5) is 32.0. The van der Waals surface area contributed by atoms with Crippen LogP contribution in [-0.2, 0) is 27.3 Å². The number of likely N-dealkylation sites (tertiary alicyclic amines) is 1. The van der Waals surface area contributed by atoms with E-state index in [1.807, 2.05) is 73.7 Å². The van der Waals surface area contributed by atoms with E-state index in [9.17, 15) is 9.59 Å². The zero-order chi connectivity index (χ0) is 24.8. The third-order valence-corrected chi connectivity index (χ3v) is 6.24. The number of hydrogen-bond donors (Lipinski definition) is 2. The zero-order valence-corrected chi connectivity index (χ0v) is 19.8. The predicted molar refractivity (Wildman–Crippen MR) is 132 cm³/mol. The van der Waals surface area contributed by atoms with Crippen LogP contribution in [0.25, 0.3) is 0 Å². The maximum atomic E-state index is 13.3. The van der Waals surface area contributed by atoms with Gasteiger partial charge in [0.2, 0.25) is 0 Å². The van der Waals surface area contributed by atoms with Gasteiger partial charge in [-0.15, -0.1) is 0 Å². The number of aromatic nitrogens is 1. The van der Waals surface area contributed by atoms with Gasteiger partial charge in [-0.2, -0.15) is 0 Å². The van der Waals surface area contributed by atoms with Crippen molar-refractivity contribution < 1.29 is 19.1 Å². The van der Waals surface area contributed by atoms with Crippen molar-refractivity contribution in [1.82, 2.24) is 15.2 Å². The van der Waals surface area contributed by atoms with Gasteiger partial charge in [0.25, 0.3) is 0 Å². The molecule has 0 spiro atoms. The summed E-state index contributed by atoms with van der Waals surface area (Å²) in [5.41, 5.74) is 8.58. The van der Waals surface area contributed by atoms with Crippen LogP contribution in [0.2, 0.25) is 0 Å². The normalized spacial score (nSPS) is 19.9. The minimum Gasteiger partial charge on any atom is -0.459 e. The lowest BCUT2D eigenvalue weighted by Gasteiger charge is -2.52. The van der Waals surface area contributed by atoms with Gasteiger partial charge >= 0.3 is 12.0 Å². The number of ether oxygens (including phenoxy) is 2. The molecule has 8 heteroatoms. The topological polar surface area (TPSA) is 107 Å². The van der Waals surface area contributed by atoms with Crippen LogP contribution in [0.15, 0.2) is 79.0 Å². The van der Waals surface area contributed by atoms with E-state index in [-0.39, 0.29) is 24.6 Å². The molecule has 2 heterocycles. The SMILES string of the molecule is COC1[C@H](Cc2ccnc(N)c2)C(C(=O)OCc2ccccc2)N1C(=O)NC(C)c1ccccc1. The fraction of sp³-hybridized carbons (Fsp3) is 0.296. The van der Waals surface area contributed by atoms with Gasteiger partial charge < -0.3 is 20.5 Å². The van der Waals surface area contributed by atoms with Crippen molar-refractivity contribution in [2.24, 2.45) is 5.92 Å². The van der Waals surface area contributed by atoms with E-state index in [0.29, 0.717) is 12.2 Å². The highest BCUT2D eigenvalue weighted by Gasteiger charge is 2.56. The number of hydrogen-bond acceptors (Lipinski definition) is 6. The Kier molecular flexibility index (Phi) is 7.62. The maximum Gasteiger partial charge on any atom is 0.329 e. The minimum atomic E-state index is -0.805. The number of nitrogen functional groups attached to an aromatic ring is 1. The molecule has 182 valence electrons. The van der Waals surface area contributed by atoms with Crippen LogP contribution in [0.4, 0.5) is 10.6 Å². The number of esters is 1. The van der Waals surface area contributed by atoms with E-state index in [1.165, 1.54) is 12.0 Å². The number of amides is 2. The Morgan fingerprint density at radius 1 is 1.06 bits per heavy atom. The number of nitrogens with two attached hydrogens (primary N) is 1. The number of anilines is 1. The fourth-order valence-corrected chi connectivity index (χ4v) is 4.45. The van der Waals surface area contributed by atoms with Gasteiger partial charge in [-0.25, -0.2) is 14.6 Å². The van der Waals surface area contributed by atoms with E-state index in [4.69, 9.17) is 15.2 Å². The molecule has 0 bridgehead atoms. The molecule has 2 aromatic carbocycles. The smallest absolute Gasteiger partial charge is 0.329 e. The molecule has 4 rings (SSSR count). The van der Waals surface area contributed by atoms with Crippen molar-refractivity contribution in [1.29, 1.82) is 0 Å². The third-order valence-electron chi connectivity index (χ3n) is 6.24. The Labute approximate surface area is 205 Å². The number of methoxy groups -OCH3 is 1. The minimum absolute atomic E-state index is 0.124. The van der Waals surface area contributed by atoms with Crippen molar-refractivity contribution >= 4 is 17.8 Å². The first-order valence-corrected chi connectivity index (χ1v) is 11.6. The van der Waals surface area contributed by atoms with E-state index < -0.39 is 18.2 Å². The fourth-order valence-electron chi connectivity index (χ4n) is 4.45. The number of nitrogens with zero attached hydrogens (tertiary/aromatic N) is 2. The van der Waals surface area contributed by atoms with Crippen molar-refractivity contribution in [2.75, 3.05) is 12.8 Å². The highest BCUT2D eigenvalue weighted by atomic mass is 16.5. The number of carbonyl (C=O) groups excluding carboxylic acids is 2. The first-order valence-electron chi connectivity index (χ1n) is 11.6. The monoisotopic (exact) mass is 474 g/mol. The first-order chi connectivity index (χ1) is 17.0. The Hall–Kier alpha value is -3.91. The number of pyridine rings is 1. The van der Waals surface area contributed by atoms with E-state index >= 15 is 0 Å². The number of carbonyl (C=O) groups is 2. The molecule has 0 saturated carbocycles. The quantitative estimate of drug-likeness (QED) is 0.482. The third kappa shape index (κ3) is 5.60. The highest BCUT2D eigenvalue weighted by molar-refractivity contribution is 5.86. The predicted octanol–water partition coefficient (Wildman–Crippen LogP) is 3.69. The molecule has 1 saturated heterocycles. The molecule has 0 radical (unpaired) electrons. The van der Waals surface area contributed by atoms with Gasteiger partial charge in [-0.1, -0.05) is 60.7 Å². The molecule has 35 heavy (non-hydrogen) atoms. The molecule has 8 nitrogen and oxygen atoms in total. The summed E-state index contributed by atoms with van der Waals surface area (Å²) in [6.45, 7) is 2.02. The summed E-state index contributed by atoms with van der Waals surface area (Å²) in [7, 11) is 1.53. The Bertz CT molecular complexity index is 1140. The van der Waals surface area contributed by atoms with E-state index in [1.54, 1.807) is 12.3 Å². The zero-order valence-electron chi connectivity index (χ0n) is 19.8. The summed E-state index contributed by atoms with van der Waals surface area (Å²) >= 11 is 0. The molecule has 3 unspecified atom stereocenters. The molecule has 3 N–H and O–H groups in total. The molecular weight excluding hydrogens is 444 g/mol. The lowest BCUT2D eigenvalue weighted by molar-refractivity contribution is -0.194. The largest absolute Gasteiger partial charge is 0.459 e. The van der Waals surface area contributed by atoms with Gasteiger partial charge in [0, 0.05) is 19.2 Å². The highest BCUT2D eigenvalue weighted by Crippen LogP contribution is 2.37. The van der Waals surface area contributed by atoms with Crippen LogP contribution in [0.5, 0.6) is 0 Å². The summed E-state index contributed by atoms with van der Waals surface area (Å²) in [6.07, 6.45) is 1.51. The lowest BCUT2D eigenvalue weighted by Crippen LogP contribution is -2.71. The molecule has 0 aliphatic carbocycles. The van der Waals surface area contributed by atoms with E-state index in [2.05, 4.69) is 10.3 Å². The summed E-state index contributed by atoms with van der Waals surface area (Å²) < 4.78 is 11.3. The van der Waals surface area contributed by atoms with Crippen molar-refractivity contribution in [3.63, 3.8) is 0 Å². The van der Waals surface area contributed by atoms with Gasteiger partial charge in [0.15, 0.2) is 0 Å². The number of urea groups is 1. The van der Waals surface area contributed by atoms with Crippen LogP contribution in [0.1, 0.15) is 29.7 Å². The summed E-state index contributed by atoms with van der Waals surface area (Å²) in [5.74, 6) is -0.384. The standard InChI is InChI=1S/C27H30N4O4/c1-18(21-11-7-4-8-12-21)30-27(33)31-24(26(32)35-17-19-9-5-3-6-10-19)22(25(31)34-2)15-20-13-14-29-23(28)16-20/h3-14,16,18,22,24-25H,15,17H2,1-2H3,(H2,28,29)(H,30,33)/t18?,22-,24?,25?/m1/s1. The second-order valence-corrected chi connectivity index (χ2v) is 8.61. The first kappa shape index (κ1) is 24.2. The second-order valence-electron chi connectivity index (χ2n) is 8.61. The molecule has 1 aliphatic heterocycles. The molecule has 2 amide bonds. The van der Waals surface area contributed by atoms with Gasteiger partial charge in [0.05, 0.1) is 6.04 Å². The average molecular weight is 475 g/mol. The number of nitrogens with one attached hydrogen (secondary N) is 1. The van der Waals surface area contributed by atoms with Crippen LogP contribution in [0, 0.1) is 5.92 Å². The van der Waals surface area contributed by atoms with Gasteiger partial charge in [-0.05, 0) is 42.2 Å². The Morgan fingerprint density at radius 2 is 1.74 bits per heavy atom. The molecular formula is C27H30N4O4. The maximum absolute atomic E-state index is 13.3. The van der Waals surface area contributed by atoms with Gasteiger partial charge in [-0.3, -0.25) is 4.90 Å². The number of benzene rings is 2. The lowest BCUT2D eigenvalue weighted by atomic mass is 9.81. The van der Waals surface area contributed by atoms with Crippen LogP contribution in [0.3, 0.4) is 0 Å². The van der Waals surface area contributed by atoms with Crippen molar-refractivity contribution in [2.45, 2.75) is 38.3 Å². The number of rotatable bonds is 8. The second kappa shape index (κ2) is 11.0. The van der Waals surface area contributed by atoms with Crippen molar-refractivity contribution in [3.05, 3.63) is 95.7 Å². The molecule has 1 aliphatic rings. The molecule has 4 atom stereocenters. The summed E-state index contributed by atoms with van der Waals surface area (Å²) in [6, 6.07) is 21.2. The van der Waals surface area contributed by atoms with Crippen LogP contribution < -0.4 is 11.1 Å². The molecule has 1 fully saturated rings. The average Bonchev–Trinajstić information content (AvgIpc) is 2.86. The summed E-state index contributed by atoms with van der Waals surface area (Å²) in [5, 5.41) is 2.98. The van der Waals surface area contributed by atoms with Crippen LogP contribution >= 0.6 is 0 Å². The Morgan fingerprint density at radius 3 is 2.40 bits per heavy atom. The van der Waals surface area contributed by atoms with Crippen molar-refractivity contribution in [3.8, 4) is 0 Å². The van der Waals surface area contributed by atoms with Crippen LogP contribution in [-0.4, -0.2) is 41.3 Å². The molecule has 3 aromatic rings. The van der Waals surface area contributed by atoms with E-state index in [0.717, 1.165) is 16.7 Å². The van der Waals surface area contributed by atoms with Gasteiger partial charge in [0.1, 0.15) is 24.7 Å². The molecule has 1 aromatic heterocycles.